The van der Waals surface area contributed by atoms with E-state index in [0.717, 1.165) is 0 Å². The summed E-state index contributed by atoms with van der Waals surface area (Å²) in [6, 6.07) is 8.33. The SMILES string of the molecule is CC(C)(C)c1cc(CS(=O)(=O)N[C@@H](C(=O)O)c2ccccc2)no1. The highest BCUT2D eigenvalue weighted by molar-refractivity contribution is 7.88. The largest absolute Gasteiger partial charge is 0.480 e. The van der Waals surface area contributed by atoms with Crippen molar-refractivity contribution >= 4 is 16.0 Å². The molecule has 7 nitrogen and oxygen atoms in total. The Kier molecular flexibility index (Phi) is 5.10. The lowest BCUT2D eigenvalue weighted by atomic mass is 9.93. The van der Waals surface area contributed by atoms with E-state index in [1.807, 2.05) is 20.8 Å². The van der Waals surface area contributed by atoms with Gasteiger partial charge in [0.1, 0.15) is 23.2 Å². The van der Waals surface area contributed by atoms with Crippen LogP contribution in [-0.4, -0.2) is 24.7 Å². The fourth-order valence-electron chi connectivity index (χ4n) is 2.06. The molecule has 0 aliphatic heterocycles. The third kappa shape index (κ3) is 4.65. The number of hydrogen-bond acceptors (Lipinski definition) is 5. The van der Waals surface area contributed by atoms with Gasteiger partial charge in [0, 0.05) is 11.5 Å². The van der Waals surface area contributed by atoms with Gasteiger partial charge in [-0.05, 0) is 5.56 Å². The zero-order valence-electron chi connectivity index (χ0n) is 13.7. The van der Waals surface area contributed by atoms with Crippen molar-refractivity contribution in [2.24, 2.45) is 0 Å². The molecule has 1 atom stereocenters. The van der Waals surface area contributed by atoms with Crippen LogP contribution in [0.2, 0.25) is 0 Å². The maximum absolute atomic E-state index is 12.3. The molecule has 0 aliphatic rings. The first-order chi connectivity index (χ1) is 11.1. The minimum atomic E-state index is -3.91. The number of aliphatic carboxylic acids is 1. The van der Waals surface area contributed by atoms with Crippen molar-refractivity contribution in [2.75, 3.05) is 0 Å². The van der Waals surface area contributed by atoms with Crippen LogP contribution in [0, 0.1) is 0 Å². The first-order valence-corrected chi connectivity index (χ1v) is 8.97. The number of carbonyl (C=O) groups is 1. The lowest BCUT2D eigenvalue weighted by Crippen LogP contribution is -2.34. The van der Waals surface area contributed by atoms with Gasteiger partial charge in [-0.1, -0.05) is 56.3 Å². The summed E-state index contributed by atoms with van der Waals surface area (Å²) >= 11 is 0. The van der Waals surface area contributed by atoms with Crippen LogP contribution in [0.4, 0.5) is 0 Å². The molecule has 2 rings (SSSR count). The summed E-state index contributed by atoms with van der Waals surface area (Å²) in [7, 11) is -3.91. The van der Waals surface area contributed by atoms with Crippen LogP contribution in [0.3, 0.4) is 0 Å². The Morgan fingerprint density at radius 3 is 2.42 bits per heavy atom. The fourth-order valence-corrected chi connectivity index (χ4v) is 3.26. The third-order valence-corrected chi connectivity index (χ3v) is 4.58. The molecule has 0 radical (unpaired) electrons. The van der Waals surface area contributed by atoms with Gasteiger partial charge in [0.25, 0.3) is 0 Å². The highest BCUT2D eigenvalue weighted by Crippen LogP contribution is 2.23. The van der Waals surface area contributed by atoms with Crippen LogP contribution in [0.25, 0.3) is 0 Å². The van der Waals surface area contributed by atoms with Gasteiger partial charge >= 0.3 is 5.97 Å². The quantitative estimate of drug-likeness (QED) is 0.825. The standard InChI is InChI=1S/C16H20N2O5S/c1-16(2,3)13-9-12(17-23-13)10-24(21,22)18-14(15(19)20)11-7-5-4-6-8-11/h4-9,14,18H,10H2,1-3H3,(H,19,20)/t14-/m1/s1. The molecule has 1 aromatic carbocycles. The van der Waals surface area contributed by atoms with Crippen molar-refractivity contribution < 1.29 is 22.8 Å². The van der Waals surface area contributed by atoms with Crippen molar-refractivity contribution in [3.63, 3.8) is 0 Å². The number of aromatic nitrogens is 1. The second-order valence-electron chi connectivity index (χ2n) is 6.49. The third-order valence-electron chi connectivity index (χ3n) is 3.31. The van der Waals surface area contributed by atoms with Crippen LogP contribution >= 0.6 is 0 Å². The van der Waals surface area contributed by atoms with E-state index in [-0.39, 0.29) is 11.1 Å². The van der Waals surface area contributed by atoms with E-state index < -0.39 is 27.8 Å². The highest BCUT2D eigenvalue weighted by Gasteiger charge is 2.27. The van der Waals surface area contributed by atoms with E-state index in [1.54, 1.807) is 36.4 Å². The molecule has 1 heterocycles. The zero-order chi connectivity index (χ0) is 18.0. The van der Waals surface area contributed by atoms with E-state index in [1.165, 1.54) is 0 Å². The summed E-state index contributed by atoms with van der Waals surface area (Å²) in [4.78, 5) is 11.4. The molecule has 2 N–H and O–H groups in total. The average molecular weight is 352 g/mol. The Balaban J connectivity index is 2.18. The van der Waals surface area contributed by atoms with Crippen molar-refractivity contribution in [3.8, 4) is 0 Å². The van der Waals surface area contributed by atoms with Crippen LogP contribution in [0.5, 0.6) is 0 Å². The first-order valence-electron chi connectivity index (χ1n) is 7.32. The minimum absolute atomic E-state index is 0.227. The van der Waals surface area contributed by atoms with Gasteiger partial charge < -0.3 is 9.63 Å². The molecule has 2 aromatic rings. The molecule has 0 unspecified atom stereocenters. The number of hydrogen-bond donors (Lipinski definition) is 2. The fraction of sp³-hybridized carbons (Fsp3) is 0.375. The van der Waals surface area contributed by atoms with Gasteiger partial charge in [-0.15, -0.1) is 0 Å². The van der Waals surface area contributed by atoms with E-state index in [0.29, 0.717) is 11.3 Å². The Hall–Kier alpha value is -2.19. The summed E-state index contributed by atoms with van der Waals surface area (Å²) in [5.41, 5.74) is 0.282. The molecule has 0 aliphatic carbocycles. The summed E-state index contributed by atoms with van der Waals surface area (Å²) in [6.45, 7) is 5.75. The van der Waals surface area contributed by atoms with Gasteiger partial charge in [-0.25, -0.2) is 8.42 Å². The number of nitrogens with zero attached hydrogens (tertiary/aromatic N) is 1. The van der Waals surface area contributed by atoms with Crippen LogP contribution in [0.1, 0.15) is 43.8 Å². The van der Waals surface area contributed by atoms with Gasteiger partial charge in [0.15, 0.2) is 0 Å². The van der Waals surface area contributed by atoms with Gasteiger partial charge in [-0.3, -0.25) is 4.79 Å². The molecule has 0 fully saturated rings. The molecule has 0 amide bonds. The van der Waals surface area contributed by atoms with E-state index in [9.17, 15) is 18.3 Å². The first kappa shape index (κ1) is 18.2. The topological polar surface area (TPSA) is 110 Å². The van der Waals surface area contributed by atoms with E-state index in [2.05, 4.69) is 9.88 Å². The van der Waals surface area contributed by atoms with Crippen molar-refractivity contribution in [2.45, 2.75) is 38.0 Å². The van der Waals surface area contributed by atoms with E-state index >= 15 is 0 Å². The lowest BCUT2D eigenvalue weighted by Gasteiger charge is -2.14. The van der Waals surface area contributed by atoms with Gasteiger partial charge in [0.2, 0.25) is 10.0 Å². The van der Waals surface area contributed by atoms with E-state index in [4.69, 9.17) is 4.52 Å². The molecule has 1 aromatic heterocycles. The van der Waals surface area contributed by atoms with Crippen LogP contribution in [0.15, 0.2) is 40.9 Å². The zero-order valence-corrected chi connectivity index (χ0v) is 14.5. The number of carboxylic acid groups (broad SMARTS) is 1. The molecule has 0 spiro atoms. The highest BCUT2D eigenvalue weighted by atomic mass is 32.2. The van der Waals surface area contributed by atoms with Crippen LogP contribution < -0.4 is 4.72 Å². The predicted molar refractivity (Wildman–Crippen MR) is 87.8 cm³/mol. The predicted octanol–water partition coefficient (Wildman–Crippen LogP) is 2.22. The summed E-state index contributed by atoms with van der Waals surface area (Å²) in [6.07, 6.45) is 0. The maximum atomic E-state index is 12.3. The number of benzene rings is 1. The normalized spacial score (nSPS) is 13.6. The molecule has 0 saturated carbocycles. The molecule has 8 heteroatoms. The Morgan fingerprint density at radius 1 is 1.29 bits per heavy atom. The molecule has 130 valence electrons. The van der Waals surface area contributed by atoms with Crippen LogP contribution in [-0.2, 0) is 26.0 Å². The second-order valence-corrected chi connectivity index (χ2v) is 8.25. The Bertz CT molecular complexity index is 806. The number of sulfonamides is 1. The van der Waals surface area contributed by atoms with Crippen molar-refractivity contribution in [3.05, 3.63) is 53.4 Å². The Labute approximate surface area is 140 Å². The minimum Gasteiger partial charge on any atom is -0.480 e. The summed E-state index contributed by atoms with van der Waals surface area (Å²) in [5, 5.41) is 13.1. The average Bonchev–Trinajstić information content (AvgIpc) is 2.93. The molecular formula is C16H20N2O5S. The Morgan fingerprint density at radius 2 is 1.92 bits per heavy atom. The number of rotatable bonds is 6. The van der Waals surface area contributed by atoms with Gasteiger partial charge in [-0.2, -0.15) is 4.72 Å². The lowest BCUT2D eigenvalue weighted by molar-refractivity contribution is -0.139. The number of carboxylic acids is 1. The summed E-state index contributed by atoms with van der Waals surface area (Å²) in [5.74, 6) is -1.17. The summed E-state index contributed by atoms with van der Waals surface area (Å²) < 4.78 is 31.9. The smallest absolute Gasteiger partial charge is 0.326 e. The monoisotopic (exact) mass is 352 g/mol. The number of nitrogens with one attached hydrogen (secondary N) is 1. The second kappa shape index (κ2) is 6.74. The molecule has 24 heavy (non-hydrogen) atoms. The maximum Gasteiger partial charge on any atom is 0.326 e. The van der Waals surface area contributed by atoms with Crippen molar-refractivity contribution in [1.82, 2.24) is 9.88 Å². The van der Waals surface area contributed by atoms with Gasteiger partial charge in [0.05, 0.1) is 0 Å². The molecule has 0 saturated heterocycles. The molecular weight excluding hydrogens is 332 g/mol. The van der Waals surface area contributed by atoms with Crippen molar-refractivity contribution in [1.29, 1.82) is 0 Å². The molecule has 0 bridgehead atoms.